The molecule has 3 amide bonds. The lowest BCUT2D eigenvalue weighted by atomic mass is 9.81. The van der Waals surface area contributed by atoms with Crippen molar-refractivity contribution in [2.24, 2.45) is 0 Å². The van der Waals surface area contributed by atoms with E-state index in [1.165, 1.54) is 63.1 Å². The van der Waals surface area contributed by atoms with E-state index in [4.69, 9.17) is 23.2 Å². The third-order valence-electron chi connectivity index (χ3n) is 8.31. The fourth-order valence-electron chi connectivity index (χ4n) is 5.98. The third kappa shape index (κ3) is 5.81. The molecule has 0 aliphatic carbocycles. The highest BCUT2D eigenvalue weighted by molar-refractivity contribution is 6.33. The molecule has 0 saturated carbocycles. The number of nitrogens with zero attached hydrogens (tertiary/aromatic N) is 10. The molecule has 4 aromatic carbocycles. The van der Waals surface area contributed by atoms with Gasteiger partial charge in [-0.2, -0.15) is 0 Å². The Bertz CT molecular complexity index is 2290. The monoisotopic (exact) mass is 724 g/mol. The van der Waals surface area contributed by atoms with Crippen LogP contribution in [0.5, 0.6) is 0 Å². The number of aromatic nitrogens is 6. The molecule has 0 N–H and O–H groups in total. The second-order valence-corrected chi connectivity index (χ2v) is 12.1. The average Bonchev–Trinajstić information content (AvgIpc) is 3.85. The normalized spacial score (nSPS) is 13.9. The summed E-state index contributed by atoms with van der Waals surface area (Å²) in [5.74, 6) is -0.567. The lowest BCUT2D eigenvalue weighted by Gasteiger charge is -2.35. The van der Waals surface area contributed by atoms with Crippen LogP contribution in [0.1, 0.15) is 22.5 Å². The number of carbonyl (C=O) groups excluding carboxylic acids is 2. The van der Waals surface area contributed by atoms with Gasteiger partial charge in [-0.05, 0) is 35.4 Å². The van der Waals surface area contributed by atoms with Crippen LogP contribution in [-0.4, -0.2) is 61.6 Å². The van der Waals surface area contributed by atoms with Gasteiger partial charge in [0.15, 0.2) is 5.54 Å². The number of hydrogen-bond acceptors (Lipinski definition) is 10. The van der Waals surface area contributed by atoms with E-state index in [-0.39, 0.29) is 45.9 Å². The number of rotatable bonds is 10. The summed E-state index contributed by atoms with van der Waals surface area (Å²) in [7, 11) is 0. The minimum Gasteiger partial charge on any atom is -0.295 e. The molecule has 1 aliphatic rings. The van der Waals surface area contributed by atoms with Crippen molar-refractivity contribution < 1.29 is 19.4 Å². The van der Waals surface area contributed by atoms with Crippen molar-refractivity contribution in [1.82, 2.24) is 39.8 Å². The fraction of sp³-hybridized carbons (Fsp3) is 0.0909. The Morgan fingerprint density at radius 2 is 1.10 bits per heavy atom. The second-order valence-electron chi connectivity index (χ2n) is 11.3. The van der Waals surface area contributed by atoms with Crippen molar-refractivity contribution in [3.05, 3.63) is 162 Å². The minimum atomic E-state index is -1.66. The number of halogens is 2. The molecule has 254 valence electrons. The Balaban J connectivity index is 1.28. The highest BCUT2D eigenvalue weighted by Crippen LogP contribution is 2.44. The van der Waals surface area contributed by atoms with Crippen molar-refractivity contribution >= 4 is 46.5 Å². The SMILES string of the molecule is O=C1N(Cc2cn(-c3ccc(Cl)c([N+](=O)[O-])c3)nn2)C(=O)C(c2ccccc2)(c2ccccc2)N1Cc1cn(-c2ccc(Cl)c([N+](=O)[O-])c2)nn1. The maximum absolute atomic E-state index is 14.8. The summed E-state index contributed by atoms with van der Waals surface area (Å²) in [5.41, 5.74) is -0.179. The summed E-state index contributed by atoms with van der Waals surface area (Å²) in [6.45, 7) is -0.478. The first-order valence-electron chi connectivity index (χ1n) is 15.0. The Morgan fingerprint density at radius 1 is 0.647 bits per heavy atom. The van der Waals surface area contributed by atoms with Crippen LogP contribution in [0, 0.1) is 20.2 Å². The minimum absolute atomic E-state index is 0.0459. The van der Waals surface area contributed by atoms with Gasteiger partial charge in [0.05, 0.1) is 46.7 Å². The van der Waals surface area contributed by atoms with Gasteiger partial charge in [0.25, 0.3) is 17.3 Å². The van der Waals surface area contributed by atoms with E-state index >= 15 is 0 Å². The van der Waals surface area contributed by atoms with Crippen LogP contribution in [0.2, 0.25) is 10.0 Å². The van der Waals surface area contributed by atoms with Gasteiger partial charge in [0, 0.05) is 12.1 Å². The molecule has 1 fully saturated rings. The molecule has 2 aromatic heterocycles. The first-order valence-corrected chi connectivity index (χ1v) is 15.8. The Labute approximate surface area is 297 Å². The van der Waals surface area contributed by atoms with E-state index in [1.54, 1.807) is 60.7 Å². The predicted molar refractivity (Wildman–Crippen MR) is 181 cm³/mol. The number of nitro benzene ring substituents is 2. The van der Waals surface area contributed by atoms with Crippen molar-refractivity contribution in [3.63, 3.8) is 0 Å². The summed E-state index contributed by atoms with van der Waals surface area (Å²) in [6.07, 6.45) is 2.96. The first kappa shape index (κ1) is 33.0. The van der Waals surface area contributed by atoms with Crippen LogP contribution in [0.15, 0.2) is 109 Å². The lowest BCUT2D eigenvalue weighted by Crippen LogP contribution is -2.47. The van der Waals surface area contributed by atoms with Crippen molar-refractivity contribution in [2.45, 2.75) is 18.6 Å². The highest BCUT2D eigenvalue weighted by Gasteiger charge is 2.59. The van der Waals surface area contributed by atoms with E-state index in [2.05, 4.69) is 20.6 Å². The molecule has 7 rings (SSSR count). The van der Waals surface area contributed by atoms with Crippen molar-refractivity contribution in [1.29, 1.82) is 0 Å². The molecule has 18 heteroatoms. The molecule has 1 aliphatic heterocycles. The van der Waals surface area contributed by atoms with Gasteiger partial charge in [0.1, 0.15) is 21.4 Å². The first-order chi connectivity index (χ1) is 24.6. The Kier molecular flexibility index (Phi) is 8.46. The van der Waals surface area contributed by atoms with Crippen molar-refractivity contribution in [3.8, 4) is 11.4 Å². The fourth-order valence-corrected chi connectivity index (χ4v) is 6.35. The van der Waals surface area contributed by atoms with Gasteiger partial charge >= 0.3 is 6.03 Å². The molecule has 51 heavy (non-hydrogen) atoms. The quantitative estimate of drug-likeness (QED) is 0.0937. The summed E-state index contributed by atoms with van der Waals surface area (Å²) >= 11 is 12.0. The Morgan fingerprint density at radius 3 is 1.55 bits per heavy atom. The van der Waals surface area contributed by atoms with Crippen LogP contribution in [0.4, 0.5) is 16.2 Å². The number of carbonyl (C=O) groups is 2. The van der Waals surface area contributed by atoms with Crippen LogP contribution >= 0.6 is 23.2 Å². The zero-order valence-electron chi connectivity index (χ0n) is 26.0. The van der Waals surface area contributed by atoms with E-state index in [0.29, 0.717) is 22.5 Å². The summed E-state index contributed by atoms with van der Waals surface area (Å²) in [5, 5.41) is 39.4. The van der Waals surface area contributed by atoms with Gasteiger partial charge in [0.2, 0.25) is 0 Å². The van der Waals surface area contributed by atoms with E-state index in [9.17, 15) is 29.8 Å². The maximum Gasteiger partial charge on any atom is 0.328 e. The Hall–Kier alpha value is -6.52. The van der Waals surface area contributed by atoms with Gasteiger partial charge < -0.3 is 0 Å². The second kappa shape index (κ2) is 13.1. The molecule has 3 heterocycles. The van der Waals surface area contributed by atoms with Gasteiger partial charge in [-0.15, -0.1) is 10.2 Å². The van der Waals surface area contributed by atoms with Crippen LogP contribution in [0.3, 0.4) is 0 Å². The topological polar surface area (TPSA) is 188 Å². The number of benzene rings is 4. The molecular weight excluding hydrogens is 703 g/mol. The average molecular weight is 726 g/mol. The zero-order chi connectivity index (χ0) is 35.9. The number of amides is 3. The highest BCUT2D eigenvalue weighted by atomic mass is 35.5. The maximum atomic E-state index is 14.8. The lowest BCUT2D eigenvalue weighted by molar-refractivity contribution is -0.384. The number of hydrogen-bond donors (Lipinski definition) is 0. The van der Waals surface area contributed by atoms with Crippen LogP contribution in [-0.2, 0) is 23.4 Å². The molecule has 16 nitrogen and oxygen atoms in total. The smallest absolute Gasteiger partial charge is 0.295 e. The summed E-state index contributed by atoms with van der Waals surface area (Å²) in [4.78, 5) is 53.5. The van der Waals surface area contributed by atoms with Crippen molar-refractivity contribution in [2.75, 3.05) is 0 Å². The van der Waals surface area contributed by atoms with E-state index < -0.39 is 27.3 Å². The van der Waals surface area contributed by atoms with Gasteiger partial charge in [-0.25, -0.2) is 14.2 Å². The number of nitro groups is 2. The summed E-state index contributed by atoms with van der Waals surface area (Å²) < 4.78 is 2.59. The van der Waals surface area contributed by atoms with Crippen LogP contribution in [0.25, 0.3) is 11.4 Å². The van der Waals surface area contributed by atoms with E-state index in [0.717, 1.165) is 4.90 Å². The molecule has 0 spiro atoms. The van der Waals surface area contributed by atoms with E-state index in [1.807, 2.05) is 0 Å². The van der Waals surface area contributed by atoms with Gasteiger partial charge in [-0.1, -0.05) is 94.3 Å². The molecule has 0 radical (unpaired) electrons. The molecule has 1 saturated heterocycles. The zero-order valence-corrected chi connectivity index (χ0v) is 27.5. The standard InChI is InChI=1S/C33H22Cl2N10O6/c34-27-13-11-25(15-29(27)44(48)49)42-19-23(36-38-42)17-40-31(46)33(21-7-3-1-4-8-21,22-9-5-2-6-10-22)41(32(40)47)18-24-20-43(39-37-24)26-12-14-28(35)30(16-26)45(50)51/h1-16,19-20H,17-18H2. The number of urea groups is 1. The molecule has 0 unspecified atom stereocenters. The molecular formula is C33H22Cl2N10O6. The van der Waals surface area contributed by atoms with Crippen LogP contribution < -0.4 is 0 Å². The summed E-state index contributed by atoms with van der Waals surface area (Å²) in [6, 6.07) is 25.3. The molecule has 0 atom stereocenters. The molecule has 6 aromatic rings. The largest absolute Gasteiger partial charge is 0.328 e. The molecule has 0 bridgehead atoms. The third-order valence-corrected chi connectivity index (χ3v) is 8.95. The van der Waals surface area contributed by atoms with Gasteiger partial charge in [-0.3, -0.25) is 34.8 Å². The number of imide groups is 1. The predicted octanol–water partition coefficient (Wildman–Crippen LogP) is 5.88.